The molecular weight excluding hydrogens is 356 g/mol. The second kappa shape index (κ2) is 6.49. The molecule has 0 saturated carbocycles. The summed E-state index contributed by atoms with van der Waals surface area (Å²) in [4.78, 5) is 15.4. The van der Waals surface area contributed by atoms with Crippen LogP contribution in [-0.4, -0.2) is 6.29 Å². The van der Waals surface area contributed by atoms with E-state index in [0.717, 1.165) is 16.0 Å². The lowest BCUT2D eigenvalue weighted by molar-refractivity contribution is 0.112. The summed E-state index contributed by atoms with van der Waals surface area (Å²) in [6.07, 6.45) is 0.920. The highest BCUT2D eigenvalue weighted by atomic mass is 32.1. The molecule has 0 saturated heterocycles. The number of thiophene rings is 2. The quantitative estimate of drug-likeness (QED) is 0.341. The van der Waals surface area contributed by atoms with Crippen LogP contribution in [0.4, 0.5) is 0 Å². The zero-order chi connectivity index (χ0) is 18.3. The van der Waals surface area contributed by atoms with Gasteiger partial charge in [0, 0.05) is 14.6 Å². The number of aldehydes is 1. The zero-order valence-corrected chi connectivity index (χ0v) is 16.7. The minimum Gasteiger partial charge on any atom is -0.297 e. The second-order valence-corrected chi connectivity index (χ2v) is 9.64. The van der Waals surface area contributed by atoms with E-state index in [1.54, 1.807) is 22.7 Å². The Morgan fingerprint density at radius 3 is 2.08 bits per heavy atom. The van der Waals surface area contributed by atoms with Crippen LogP contribution in [0, 0.1) is 0 Å². The molecule has 0 atom stereocenters. The van der Waals surface area contributed by atoms with Crippen molar-refractivity contribution < 1.29 is 4.79 Å². The maximum atomic E-state index is 11.0. The predicted octanol–water partition coefficient (Wildman–Crippen LogP) is 7.36. The Hall–Kier alpha value is -2.23. The summed E-state index contributed by atoms with van der Waals surface area (Å²) in [7, 11) is 0. The highest BCUT2D eigenvalue weighted by Gasteiger charge is 2.24. The Morgan fingerprint density at radius 1 is 0.731 bits per heavy atom. The van der Waals surface area contributed by atoms with Gasteiger partial charge in [0.05, 0.1) is 4.88 Å². The molecule has 0 bridgehead atoms. The number of carbonyl (C=O) groups is 1. The van der Waals surface area contributed by atoms with Crippen molar-refractivity contribution in [2.24, 2.45) is 0 Å². The van der Waals surface area contributed by atoms with Gasteiger partial charge in [0.1, 0.15) is 0 Å². The van der Waals surface area contributed by atoms with Gasteiger partial charge in [-0.3, -0.25) is 4.79 Å². The average molecular weight is 377 g/mol. The van der Waals surface area contributed by atoms with Gasteiger partial charge in [-0.1, -0.05) is 51.1 Å². The Kier molecular flexibility index (Phi) is 4.29. The van der Waals surface area contributed by atoms with Gasteiger partial charge in [-0.15, -0.1) is 22.7 Å². The molecule has 2 aromatic rings. The lowest BCUT2D eigenvalue weighted by Gasteiger charge is -2.18. The Morgan fingerprint density at radius 2 is 1.38 bits per heavy atom. The fraction of sp³-hybridized carbons (Fsp3) is 0.174. The van der Waals surface area contributed by atoms with Crippen molar-refractivity contribution in [3.63, 3.8) is 0 Å². The van der Waals surface area contributed by atoms with Crippen molar-refractivity contribution >= 4 is 29.0 Å². The second-order valence-electron chi connectivity index (χ2n) is 7.44. The summed E-state index contributed by atoms with van der Waals surface area (Å²) in [6, 6.07) is 21.4. The van der Waals surface area contributed by atoms with Crippen molar-refractivity contribution in [3.8, 4) is 31.3 Å². The minimum atomic E-state index is 0.0948. The van der Waals surface area contributed by atoms with Gasteiger partial charge in [0.25, 0.3) is 0 Å². The average Bonchev–Trinajstić information content (AvgIpc) is 3.29. The van der Waals surface area contributed by atoms with Crippen molar-refractivity contribution in [2.75, 3.05) is 0 Å². The van der Waals surface area contributed by atoms with Gasteiger partial charge in [0.15, 0.2) is 6.29 Å². The summed E-state index contributed by atoms with van der Waals surface area (Å²) in [5, 5.41) is 0. The molecule has 4 rings (SSSR count). The molecule has 130 valence electrons. The van der Waals surface area contributed by atoms with Crippen molar-refractivity contribution in [3.05, 3.63) is 71.1 Å². The summed E-state index contributed by atoms with van der Waals surface area (Å²) in [6.45, 7) is 6.81. The molecule has 26 heavy (non-hydrogen) atoms. The van der Waals surface area contributed by atoms with Crippen molar-refractivity contribution in [2.45, 2.75) is 26.2 Å². The van der Waals surface area contributed by atoms with Crippen LogP contribution in [0.1, 0.15) is 36.0 Å². The maximum Gasteiger partial charge on any atom is 0.160 e. The van der Waals surface area contributed by atoms with Gasteiger partial charge < -0.3 is 0 Å². The van der Waals surface area contributed by atoms with E-state index in [2.05, 4.69) is 69.3 Å². The molecule has 2 aliphatic rings. The molecule has 3 heteroatoms. The van der Waals surface area contributed by atoms with Crippen LogP contribution >= 0.6 is 22.7 Å². The summed E-state index contributed by atoms with van der Waals surface area (Å²) in [5.74, 6) is 0. The van der Waals surface area contributed by atoms with Crippen LogP contribution in [0.3, 0.4) is 0 Å². The molecule has 0 aliphatic heterocycles. The molecule has 0 amide bonds. The molecule has 0 spiro atoms. The van der Waals surface area contributed by atoms with Gasteiger partial charge in [-0.05, 0) is 58.0 Å². The molecule has 2 aliphatic carbocycles. The first-order chi connectivity index (χ1) is 12.5. The summed E-state index contributed by atoms with van der Waals surface area (Å²) >= 11 is 3.34. The third kappa shape index (κ3) is 3.02. The fourth-order valence-corrected chi connectivity index (χ4v) is 5.25. The molecule has 0 aromatic carbocycles. The molecular formula is C23H20OS2. The predicted molar refractivity (Wildman–Crippen MR) is 114 cm³/mol. The van der Waals surface area contributed by atoms with Crippen LogP contribution in [0.2, 0.25) is 0 Å². The summed E-state index contributed by atoms with van der Waals surface area (Å²) < 4.78 is 0. The first-order valence-corrected chi connectivity index (χ1v) is 10.3. The van der Waals surface area contributed by atoms with E-state index >= 15 is 0 Å². The Labute approximate surface area is 162 Å². The van der Waals surface area contributed by atoms with Gasteiger partial charge >= 0.3 is 0 Å². The largest absolute Gasteiger partial charge is 0.297 e. The molecule has 0 N–H and O–H groups in total. The van der Waals surface area contributed by atoms with E-state index in [1.165, 1.54) is 32.0 Å². The van der Waals surface area contributed by atoms with Crippen LogP contribution in [0.5, 0.6) is 0 Å². The number of hydrogen-bond acceptors (Lipinski definition) is 3. The van der Waals surface area contributed by atoms with Crippen LogP contribution in [0.15, 0.2) is 60.7 Å². The van der Waals surface area contributed by atoms with E-state index in [-0.39, 0.29) is 5.41 Å². The number of carbonyl (C=O) groups excluding carboxylic acids is 1. The van der Waals surface area contributed by atoms with Gasteiger partial charge in [-0.2, -0.15) is 0 Å². The highest BCUT2D eigenvalue weighted by Crippen LogP contribution is 2.46. The first kappa shape index (κ1) is 17.2. The van der Waals surface area contributed by atoms with E-state index in [0.29, 0.717) is 0 Å². The molecule has 1 nitrogen and oxygen atoms in total. The topological polar surface area (TPSA) is 17.1 Å². The maximum absolute atomic E-state index is 11.0. The first-order valence-electron chi connectivity index (χ1n) is 8.65. The molecule has 2 heterocycles. The molecule has 2 aromatic heterocycles. The number of fused-ring (bicyclic) bond motifs is 1. The normalized spacial score (nSPS) is 11.8. The monoisotopic (exact) mass is 376 g/mol. The van der Waals surface area contributed by atoms with E-state index in [9.17, 15) is 4.79 Å². The molecule has 0 radical (unpaired) electrons. The van der Waals surface area contributed by atoms with Crippen LogP contribution in [-0.2, 0) is 5.41 Å². The highest BCUT2D eigenvalue weighted by molar-refractivity contribution is 7.24. The van der Waals surface area contributed by atoms with Gasteiger partial charge in [0.2, 0.25) is 0 Å². The molecule has 0 unspecified atom stereocenters. The van der Waals surface area contributed by atoms with Gasteiger partial charge in [-0.25, -0.2) is 0 Å². The van der Waals surface area contributed by atoms with Crippen molar-refractivity contribution in [1.82, 2.24) is 0 Å². The SMILES string of the molecule is CC(C)(C)c1cc(-c2ccc(-c3ccc(C=O)s3)s2)c2cccccc1-2. The minimum absolute atomic E-state index is 0.0948. The van der Waals surface area contributed by atoms with Crippen LogP contribution in [0.25, 0.3) is 31.3 Å². The van der Waals surface area contributed by atoms with Crippen LogP contribution < -0.4 is 0 Å². The zero-order valence-electron chi connectivity index (χ0n) is 15.1. The third-order valence-electron chi connectivity index (χ3n) is 4.57. The number of rotatable bonds is 3. The number of hydrogen-bond donors (Lipinski definition) is 0. The fourth-order valence-electron chi connectivity index (χ4n) is 3.30. The lowest BCUT2D eigenvalue weighted by Crippen LogP contribution is -2.10. The Bertz CT molecular complexity index is 1050. The smallest absolute Gasteiger partial charge is 0.160 e. The third-order valence-corrected chi connectivity index (χ3v) is 6.90. The van der Waals surface area contributed by atoms with E-state index in [1.807, 2.05) is 12.1 Å². The van der Waals surface area contributed by atoms with Crippen molar-refractivity contribution in [1.29, 1.82) is 0 Å². The van der Waals surface area contributed by atoms with E-state index < -0.39 is 0 Å². The Balaban J connectivity index is 1.84. The summed E-state index contributed by atoms with van der Waals surface area (Å²) in [5.41, 5.74) is 5.40. The lowest BCUT2D eigenvalue weighted by atomic mass is 9.86. The molecule has 0 fully saturated rings. The standard InChI is InChI=1S/C23H20OS2/c1-23(2,3)19-13-18(16-7-5-4-6-8-17(16)19)20-11-12-22(26-20)21-10-9-15(14-24)25-21/h4-14H,1-3H3. The van der Waals surface area contributed by atoms with E-state index in [4.69, 9.17) is 0 Å².